The van der Waals surface area contributed by atoms with E-state index in [-0.39, 0.29) is 12.4 Å². The van der Waals surface area contributed by atoms with Gasteiger partial charge < -0.3 is 9.72 Å². The number of rotatable bonds is 5. The van der Waals surface area contributed by atoms with Crippen molar-refractivity contribution < 1.29 is 9.53 Å². The fourth-order valence-corrected chi connectivity index (χ4v) is 2.62. The van der Waals surface area contributed by atoms with Crippen LogP contribution < -0.4 is 0 Å². The van der Waals surface area contributed by atoms with Gasteiger partial charge >= 0.3 is 0 Å². The first-order valence-electron chi connectivity index (χ1n) is 6.95. The van der Waals surface area contributed by atoms with Gasteiger partial charge in [-0.05, 0) is 17.2 Å². The molecule has 3 heteroatoms. The van der Waals surface area contributed by atoms with Crippen LogP contribution in [0.25, 0.3) is 10.9 Å². The van der Waals surface area contributed by atoms with Crippen LogP contribution in [0.2, 0.25) is 0 Å². The number of carbonyl (C=O) groups is 1. The molecule has 1 N–H and O–H groups in total. The highest BCUT2D eigenvalue weighted by molar-refractivity contribution is 6.03. The van der Waals surface area contributed by atoms with Crippen LogP contribution in [0.4, 0.5) is 0 Å². The van der Waals surface area contributed by atoms with Gasteiger partial charge in [-0.3, -0.25) is 4.79 Å². The van der Waals surface area contributed by atoms with Crippen LogP contribution in [-0.2, 0) is 11.2 Å². The maximum Gasteiger partial charge on any atom is 0.204 e. The summed E-state index contributed by atoms with van der Waals surface area (Å²) < 4.78 is 4.99. The minimum absolute atomic E-state index is 0.0142. The molecule has 0 aliphatic rings. The van der Waals surface area contributed by atoms with Crippen molar-refractivity contribution in [2.24, 2.45) is 0 Å². The molecule has 0 atom stereocenters. The molecule has 0 amide bonds. The number of para-hydroxylation sites is 1. The maximum absolute atomic E-state index is 12.3. The normalized spacial score (nSPS) is 10.9. The number of carbonyl (C=O) groups excluding carboxylic acids is 1. The topological polar surface area (TPSA) is 42.1 Å². The summed E-state index contributed by atoms with van der Waals surface area (Å²) in [7, 11) is 1.54. The minimum Gasteiger partial charge on any atom is -0.376 e. The summed E-state index contributed by atoms with van der Waals surface area (Å²) in [5.74, 6) is -0.0142. The van der Waals surface area contributed by atoms with Crippen LogP contribution in [0.3, 0.4) is 0 Å². The van der Waals surface area contributed by atoms with E-state index in [1.807, 2.05) is 42.5 Å². The van der Waals surface area contributed by atoms with Gasteiger partial charge in [0.15, 0.2) is 0 Å². The van der Waals surface area contributed by atoms with Crippen molar-refractivity contribution in [3.63, 3.8) is 0 Å². The summed E-state index contributed by atoms with van der Waals surface area (Å²) in [6.45, 7) is 0.0919. The molecule has 0 saturated heterocycles. The predicted octanol–water partition coefficient (Wildman–Crippen LogP) is 3.59. The Bertz CT molecular complexity index is 759. The van der Waals surface area contributed by atoms with Crippen LogP contribution in [0, 0.1) is 0 Å². The van der Waals surface area contributed by atoms with Crippen molar-refractivity contribution in [2.75, 3.05) is 13.7 Å². The number of aromatic nitrogens is 1. The van der Waals surface area contributed by atoms with Crippen LogP contribution in [0.15, 0.2) is 54.6 Å². The van der Waals surface area contributed by atoms with Crippen molar-refractivity contribution in [2.45, 2.75) is 6.42 Å². The maximum atomic E-state index is 12.3. The summed E-state index contributed by atoms with van der Waals surface area (Å²) in [5.41, 5.74) is 3.87. The summed E-state index contributed by atoms with van der Waals surface area (Å²) in [6.07, 6.45) is 0.732. The Labute approximate surface area is 123 Å². The Hall–Kier alpha value is -2.39. The molecule has 0 bridgehead atoms. The minimum atomic E-state index is -0.0142. The third-order valence-corrected chi connectivity index (χ3v) is 3.59. The molecule has 0 unspecified atom stereocenters. The first kappa shape index (κ1) is 13.6. The van der Waals surface area contributed by atoms with E-state index in [1.165, 1.54) is 12.7 Å². The molecule has 0 fully saturated rings. The Kier molecular flexibility index (Phi) is 3.84. The average molecular weight is 279 g/mol. The number of hydrogen-bond acceptors (Lipinski definition) is 2. The lowest BCUT2D eigenvalue weighted by atomic mass is 10.0. The number of ketones is 1. The molecule has 0 aliphatic heterocycles. The highest BCUT2D eigenvalue weighted by Gasteiger charge is 2.17. The third-order valence-electron chi connectivity index (χ3n) is 3.59. The third kappa shape index (κ3) is 2.73. The molecular weight excluding hydrogens is 262 g/mol. The Morgan fingerprint density at radius 1 is 1.05 bits per heavy atom. The average Bonchev–Trinajstić information content (AvgIpc) is 2.88. The molecule has 0 spiro atoms. The number of Topliss-reactive ketones (excluding diaryl/α,β-unsaturated/α-hetero) is 1. The van der Waals surface area contributed by atoms with Crippen LogP contribution in [0.5, 0.6) is 0 Å². The second-order valence-electron chi connectivity index (χ2n) is 5.04. The second-order valence-corrected chi connectivity index (χ2v) is 5.04. The van der Waals surface area contributed by atoms with E-state index in [9.17, 15) is 4.79 Å². The summed E-state index contributed by atoms with van der Waals surface area (Å²) >= 11 is 0. The van der Waals surface area contributed by atoms with Gasteiger partial charge in [0, 0.05) is 24.4 Å². The first-order valence-corrected chi connectivity index (χ1v) is 6.95. The second kappa shape index (κ2) is 5.94. The quantitative estimate of drug-likeness (QED) is 0.725. The Balaban J connectivity index is 2.09. The zero-order valence-electron chi connectivity index (χ0n) is 11.9. The summed E-state index contributed by atoms with van der Waals surface area (Å²) in [5, 5.41) is 1.10. The molecule has 3 rings (SSSR count). The van der Waals surface area contributed by atoms with Crippen LogP contribution in [0.1, 0.15) is 21.6 Å². The molecule has 0 aliphatic carbocycles. The monoisotopic (exact) mass is 279 g/mol. The molecule has 3 aromatic rings. The molecule has 2 aromatic carbocycles. The van der Waals surface area contributed by atoms with Gasteiger partial charge in [-0.15, -0.1) is 0 Å². The number of nitrogens with one attached hydrogen (secondary N) is 1. The fraction of sp³-hybridized carbons (Fsp3) is 0.167. The molecule has 3 nitrogen and oxygen atoms in total. The van der Waals surface area contributed by atoms with E-state index in [0.717, 1.165) is 22.9 Å². The smallest absolute Gasteiger partial charge is 0.204 e. The lowest BCUT2D eigenvalue weighted by Gasteiger charge is -2.04. The van der Waals surface area contributed by atoms with E-state index >= 15 is 0 Å². The van der Waals surface area contributed by atoms with Gasteiger partial charge in [0.1, 0.15) is 6.61 Å². The standard InChI is InChI=1S/C18H17NO2/c1-21-12-17(20)18-15(11-13-7-3-2-4-8-13)14-9-5-6-10-16(14)19-18/h2-10,19H,11-12H2,1H3. The van der Waals surface area contributed by atoms with E-state index < -0.39 is 0 Å². The van der Waals surface area contributed by atoms with Gasteiger partial charge in [0.25, 0.3) is 0 Å². The fourth-order valence-electron chi connectivity index (χ4n) is 2.62. The van der Waals surface area contributed by atoms with Crippen LogP contribution >= 0.6 is 0 Å². The molecule has 0 radical (unpaired) electrons. The number of ether oxygens (including phenoxy) is 1. The number of aromatic amines is 1. The van der Waals surface area contributed by atoms with Gasteiger partial charge in [-0.25, -0.2) is 0 Å². The summed E-state index contributed by atoms with van der Waals surface area (Å²) in [4.78, 5) is 15.5. The SMILES string of the molecule is COCC(=O)c1[nH]c2ccccc2c1Cc1ccccc1. The number of H-pyrrole nitrogens is 1. The number of hydrogen-bond donors (Lipinski definition) is 1. The zero-order chi connectivity index (χ0) is 14.7. The highest BCUT2D eigenvalue weighted by atomic mass is 16.5. The molecule has 1 heterocycles. The highest BCUT2D eigenvalue weighted by Crippen LogP contribution is 2.25. The Morgan fingerprint density at radius 2 is 1.76 bits per heavy atom. The van der Waals surface area contributed by atoms with Gasteiger partial charge in [-0.2, -0.15) is 0 Å². The van der Waals surface area contributed by atoms with E-state index in [1.54, 1.807) is 0 Å². The van der Waals surface area contributed by atoms with E-state index in [4.69, 9.17) is 4.74 Å². The van der Waals surface area contributed by atoms with Crippen molar-refractivity contribution in [3.05, 3.63) is 71.4 Å². The molecule has 1 aromatic heterocycles. The van der Waals surface area contributed by atoms with Gasteiger partial charge in [0.05, 0.1) is 5.69 Å². The molecular formula is C18H17NO2. The Morgan fingerprint density at radius 3 is 2.52 bits per heavy atom. The number of fused-ring (bicyclic) bond motifs is 1. The van der Waals surface area contributed by atoms with E-state index in [0.29, 0.717) is 5.69 Å². The van der Waals surface area contributed by atoms with E-state index in [2.05, 4.69) is 17.1 Å². The molecule has 0 saturated carbocycles. The summed E-state index contributed by atoms with van der Waals surface area (Å²) in [6, 6.07) is 18.2. The number of methoxy groups -OCH3 is 1. The van der Waals surface area contributed by atoms with Crippen molar-refractivity contribution in [3.8, 4) is 0 Å². The van der Waals surface area contributed by atoms with Crippen molar-refractivity contribution >= 4 is 16.7 Å². The van der Waals surface area contributed by atoms with Crippen molar-refractivity contribution in [1.29, 1.82) is 0 Å². The van der Waals surface area contributed by atoms with Crippen LogP contribution in [-0.4, -0.2) is 24.5 Å². The zero-order valence-corrected chi connectivity index (χ0v) is 11.9. The van der Waals surface area contributed by atoms with Gasteiger partial charge in [0.2, 0.25) is 5.78 Å². The lowest BCUT2D eigenvalue weighted by Crippen LogP contribution is -2.10. The lowest BCUT2D eigenvalue weighted by molar-refractivity contribution is 0.0843. The molecule has 21 heavy (non-hydrogen) atoms. The predicted molar refractivity (Wildman–Crippen MR) is 83.8 cm³/mol. The van der Waals surface area contributed by atoms with Crippen molar-refractivity contribution in [1.82, 2.24) is 4.98 Å². The van der Waals surface area contributed by atoms with Gasteiger partial charge in [-0.1, -0.05) is 48.5 Å². The first-order chi connectivity index (χ1) is 10.3. The molecule has 106 valence electrons. The largest absolute Gasteiger partial charge is 0.376 e. The number of benzene rings is 2.